The Morgan fingerprint density at radius 3 is 2.68 bits per heavy atom. The summed E-state index contributed by atoms with van der Waals surface area (Å²) in [6.45, 7) is 5.83. The van der Waals surface area contributed by atoms with Crippen LogP contribution in [0.25, 0.3) is 16.7 Å². The molecule has 2 aromatic heterocycles. The fraction of sp³-hybridized carbons (Fsp3) is 0.520. The van der Waals surface area contributed by atoms with Crippen LogP contribution in [-0.2, 0) is 4.74 Å². The number of anilines is 1. The van der Waals surface area contributed by atoms with E-state index in [1.165, 1.54) is 0 Å². The SMILES string of the molecule is COCCN1CC[C@@H](c2cc3c(cnn3-c3cc(N4CC(O)C4)c(OC)cn3)cc2C)[C@@H](F)C1. The summed E-state index contributed by atoms with van der Waals surface area (Å²) < 4.78 is 27.7. The molecule has 2 fully saturated rings. The maximum Gasteiger partial charge on any atom is 0.160 e. The molecule has 2 aliphatic rings. The molecule has 0 unspecified atom stereocenters. The quantitative estimate of drug-likeness (QED) is 0.570. The van der Waals surface area contributed by atoms with E-state index in [1.54, 1.807) is 25.1 Å². The van der Waals surface area contributed by atoms with Crippen LogP contribution in [0.4, 0.5) is 10.1 Å². The van der Waals surface area contributed by atoms with Gasteiger partial charge in [0.1, 0.15) is 6.17 Å². The molecule has 0 aliphatic carbocycles. The molecule has 8 nitrogen and oxygen atoms in total. The van der Waals surface area contributed by atoms with Gasteiger partial charge in [-0.1, -0.05) is 0 Å². The Labute approximate surface area is 198 Å². The Kier molecular flexibility index (Phi) is 6.42. The predicted octanol–water partition coefficient (Wildman–Crippen LogP) is 2.69. The van der Waals surface area contributed by atoms with Gasteiger partial charge in [-0.3, -0.25) is 4.90 Å². The van der Waals surface area contributed by atoms with E-state index in [-0.39, 0.29) is 12.0 Å². The first kappa shape index (κ1) is 23.0. The van der Waals surface area contributed by atoms with Crippen LogP contribution >= 0.6 is 0 Å². The van der Waals surface area contributed by atoms with Crippen LogP contribution in [0.2, 0.25) is 0 Å². The van der Waals surface area contributed by atoms with Gasteiger partial charge in [0, 0.05) is 50.7 Å². The number of likely N-dealkylation sites (tertiary alicyclic amines) is 1. The Morgan fingerprint density at radius 2 is 1.97 bits per heavy atom. The molecule has 0 spiro atoms. The van der Waals surface area contributed by atoms with Crippen LogP contribution in [0.1, 0.15) is 23.5 Å². The number of piperidine rings is 1. The molecular formula is C25H32FN5O3. The van der Waals surface area contributed by atoms with Crippen molar-refractivity contribution >= 4 is 16.6 Å². The van der Waals surface area contributed by atoms with Crippen molar-refractivity contribution in [3.05, 3.63) is 41.7 Å². The second kappa shape index (κ2) is 9.48. The number of aliphatic hydroxyl groups excluding tert-OH is 1. The Morgan fingerprint density at radius 1 is 1.15 bits per heavy atom. The number of β-amino-alcohol motifs (C(OH)–C–C–N with tert-alkyl or cyclic N) is 1. The van der Waals surface area contributed by atoms with E-state index < -0.39 is 6.17 Å². The van der Waals surface area contributed by atoms with Crippen molar-refractivity contribution in [2.75, 3.05) is 58.5 Å². The minimum absolute atomic E-state index is 0.145. The second-order valence-electron chi connectivity index (χ2n) is 9.30. The van der Waals surface area contributed by atoms with Crippen molar-refractivity contribution in [3.8, 4) is 11.6 Å². The van der Waals surface area contributed by atoms with E-state index in [2.05, 4.69) is 38.9 Å². The van der Waals surface area contributed by atoms with E-state index in [4.69, 9.17) is 9.47 Å². The number of nitrogens with zero attached hydrogens (tertiary/aromatic N) is 5. The van der Waals surface area contributed by atoms with Crippen molar-refractivity contribution in [1.29, 1.82) is 0 Å². The summed E-state index contributed by atoms with van der Waals surface area (Å²) in [5.41, 5.74) is 3.90. The molecule has 3 aromatic rings. The molecule has 9 heteroatoms. The molecule has 1 N–H and O–H groups in total. The maximum absolute atomic E-state index is 15.3. The fourth-order valence-electron chi connectivity index (χ4n) is 5.12. The van der Waals surface area contributed by atoms with Gasteiger partial charge in [-0.2, -0.15) is 5.10 Å². The highest BCUT2D eigenvalue weighted by atomic mass is 19.1. The van der Waals surface area contributed by atoms with Crippen LogP contribution in [-0.4, -0.2) is 90.6 Å². The average molecular weight is 470 g/mol. The smallest absolute Gasteiger partial charge is 0.160 e. The summed E-state index contributed by atoms with van der Waals surface area (Å²) in [6, 6.07) is 6.11. The molecule has 4 heterocycles. The number of benzene rings is 1. The van der Waals surface area contributed by atoms with E-state index in [0.29, 0.717) is 37.8 Å². The number of pyridine rings is 1. The molecule has 1 aromatic carbocycles. The van der Waals surface area contributed by atoms with Gasteiger partial charge in [-0.15, -0.1) is 0 Å². The van der Waals surface area contributed by atoms with Crippen LogP contribution in [0.3, 0.4) is 0 Å². The lowest BCUT2D eigenvalue weighted by Gasteiger charge is -2.38. The number of aromatic nitrogens is 3. The minimum atomic E-state index is -0.929. The predicted molar refractivity (Wildman–Crippen MR) is 129 cm³/mol. The van der Waals surface area contributed by atoms with Crippen LogP contribution in [0, 0.1) is 6.92 Å². The number of aliphatic hydroxyl groups is 1. The zero-order valence-electron chi connectivity index (χ0n) is 19.9. The monoisotopic (exact) mass is 469 g/mol. The first-order valence-corrected chi connectivity index (χ1v) is 11.8. The fourth-order valence-corrected chi connectivity index (χ4v) is 5.12. The minimum Gasteiger partial charge on any atom is -0.493 e. The van der Waals surface area contributed by atoms with Gasteiger partial charge in [0.05, 0.1) is 43.4 Å². The van der Waals surface area contributed by atoms with Crippen LogP contribution < -0.4 is 9.64 Å². The Hall–Kier alpha value is -2.75. The van der Waals surface area contributed by atoms with Gasteiger partial charge in [-0.25, -0.2) is 14.1 Å². The van der Waals surface area contributed by atoms with Gasteiger partial charge in [0.15, 0.2) is 11.6 Å². The maximum atomic E-state index is 15.3. The highest BCUT2D eigenvalue weighted by molar-refractivity contribution is 5.82. The van der Waals surface area contributed by atoms with Crippen molar-refractivity contribution in [2.24, 2.45) is 0 Å². The zero-order chi connectivity index (χ0) is 23.8. The molecule has 2 saturated heterocycles. The van der Waals surface area contributed by atoms with Gasteiger partial charge in [-0.05, 0) is 43.1 Å². The summed E-state index contributed by atoms with van der Waals surface area (Å²) in [5.74, 6) is 1.17. The number of aryl methyl sites for hydroxylation is 1. The number of alkyl halides is 1. The Bertz CT molecular complexity index is 1160. The number of ether oxygens (including phenoxy) is 2. The van der Waals surface area contributed by atoms with E-state index in [1.807, 2.05) is 12.3 Å². The van der Waals surface area contributed by atoms with Gasteiger partial charge < -0.3 is 19.5 Å². The second-order valence-corrected chi connectivity index (χ2v) is 9.30. The van der Waals surface area contributed by atoms with Gasteiger partial charge >= 0.3 is 0 Å². The lowest BCUT2D eigenvalue weighted by Crippen LogP contribution is -2.51. The highest BCUT2D eigenvalue weighted by Gasteiger charge is 2.32. The number of fused-ring (bicyclic) bond motifs is 1. The standard InChI is InChI=1S/C25H32FN5O3/c1-16-8-17-11-28-31(25-10-23(24(34-3)12-27-25)30-13-18(32)14-30)22(17)9-20(16)19-4-5-29(6-7-33-2)15-21(19)26/h8-12,18-19,21,32H,4-7,13-15H2,1-3H3/t19-,21-/m0/s1. The molecule has 34 heavy (non-hydrogen) atoms. The lowest BCUT2D eigenvalue weighted by atomic mass is 9.85. The molecule has 2 atom stereocenters. The van der Waals surface area contributed by atoms with Crippen molar-refractivity contribution in [2.45, 2.75) is 31.5 Å². The molecule has 5 rings (SSSR count). The van der Waals surface area contributed by atoms with E-state index in [0.717, 1.165) is 47.2 Å². The third-order valence-electron chi connectivity index (χ3n) is 7.06. The van der Waals surface area contributed by atoms with E-state index >= 15 is 4.39 Å². The molecule has 0 bridgehead atoms. The normalized spacial score (nSPS) is 21.7. The number of methoxy groups -OCH3 is 2. The van der Waals surface area contributed by atoms with Crippen molar-refractivity contribution in [1.82, 2.24) is 19.7 Å². The topological polar surface area (TPSA) is 75.9 Å². The summed E-state index contributed by atoms with van der Waals surface area (Å²) in [5, 5.41) is 15.3. The third-order valence-corrected chi connectivity index (χ3v) is 7.06. The number of hydrogen-bond acceptors (Lipinski definition) is 7. The molecule has 0 saturated carbocycles. The van der Waals surface area contributed by atoms with Crippen LogP contribution in [0.5, 0.6) is 5.75 Å². The average Bonchev–Trinajstić information content (AvgIpc) is 3.22. The first-order valence-electron chi connectivity index (χ1n) is 11.8. The zero-order valence-corrected chi connectivity index (χ0v) is 19.9. The van der Waals surface area contributed by atoms with Gasteiger partial charge in [0.25, 0.3) is 0 Å². The summed E-state index contributed by atoms with van der Waals surface area (Å²) in [6.07, 6.45) is 3.03. The summed E-state index contributed by atoms with van der Waals surface area (Å²) in [7, 11) is 3.29. The molecular weight excluding hydrogens is 437 g/mol. The third kappa shape index (κ3) is 4.23. The summed E-state index contributed by atoms with van der Waals surface area (Å²) in [4.78, 5) is 8.77. The van der Waals surface area contributed by atoms with Crippen molar-refractivity contribution in [3.63, 3.8) is 0 Å². The largest absolute Gasteiger partial charge is 0.493 e. The van der Waals surface area contributed by atoms with Gasteiger partial charge in [0.2, 0.25) is 0 Å². The molecule has 0 radical (unpaired) electrons. The highest BCUT2D eigenvalue weighted by Crippen LogP contribution is 2.36. The van der Waals surface area contributed by atoms with Crippen LogP contribution in [0.15, 0.2) is 30.6 Å². The summed E-state index contributed by atoms with van der Waals surface area (Å²) >= 11 is 0. The molecule has 2 aliphatic heterocycles. The Balaban J connectivity index is 1.47. The molecule has 0 amide bonds. The molecule has 182 valence electrons. The first-order chi connectivity index (χ1) is 16.5. The number of rotatable bonds is 7. The van der Waals surface area contributed by atoms with E-state index in [9.17, 15) is 5.11 Å². The number of hydrogen-bond donors (Lipinski definition) is 1. The van der Waals surface area contributed by atoms with Crippen molar-refractivity contribution < 1.29 is 19.0 Å². The number of halogens is 1. The lowest BCUT2D eigenvalue weighted by molar-refractivity contribution is 0.0862.